The summed E-state index contributed by atoms with van der Waals surface area (Å²) in [6.07, 6.45) is 7.96. The second-order valence-electron chi connectivity index (χ2n) is 5.80. The zero-order valence-corrected chi connectivity index (χ0v) is 13.1. The quantitative estimate of drug-likeness (QED) is 0.671. The summed E-state index contributed by atoms with van der Waals surface area (Å²) in [6.45, 7) is 3.73. The Labute approximate surface area is 130 Å². The minimum atomic E-state index is -0.803. The van der Waals surface area contributed by atoms with Crippen LogP contribution in [0.25, 0.3) is 6.08 Å². The fraction of sp³-hybridized carbons (Fsp3) is 0.529. The van der Waals surface area contributed by atoms with Gasteiger partial charge in [0.05, 0.1) is 6.26 Å². The smallest absolute Gasteiger partial charge is 0.331 e. The lowest BCUT2D eigenvalue weighted by atomic mass is 9.86. The van der Waals surface area contributed by atoms with Gasteiger partial charge in [0.15, 0.2) is 6.10 Å². The van der Waals surface area contributed by atoms with Gasteiger partial charge in [0, 0.05) is 12.1 Å². The van der Waals surface area contributed by atoms with Gasteiger partial charge < -0.3 is 14.5 Å². The normalized spacial score (nSPS) is 23.2. The number of nitrogens with one attached hydrogen (secondary N) is 1. The number of hydrogen-bond acceptors (Lipinski definition) is 4. The Kier molecular flexibility index (Phi) is 5.81. The maximum atomic E-state index is 12.1. The van der Waals surface area contributed by atoms with E-state index in [1.807, 2.05) is 0 Å². The summed E-state index contributed by atoms with van der Waals surface area (Å²) in [7, 11) is 0. The van der Waals surface area contributed by atoms with Crippen molar-refractivity contribution in [1.82, 2.24) is 5.32 Å². The molecule has 120 valence electrons. The van der Waals surface area contributed by atoms with E-state index in [2.05, 4.69) is 12.2 Å². The maximum Gasteiger partial charge on any atom is 0.331 e. The molecule has 3 atom stereocenters. The zero-order valence-electron chi connectivity index (χ0n) is 13.1. The number of amides is 1. The zero-order chi connectivity index (χ0) is 15.9. The van der Waals surface area contributed by atoms with Crippen molar-refractivity contribution < 1.29 is 18.7 Å². The van der Waals surface area contributed by atoms with E-state index in [9.17, 15) is 9.59 Å². The summed E-state index contributed by atoms with van der Waals surface area (Å²) < 4.78 is 10.2. The van der Waals surface area contributed by atoms with Crippen molar-refractivity contribution in [3.63, 3.8) is 0 Å². The van der Waals surface area contributed by atoms with Crippen molar-refractivity contribution in [3.05, 3.63) is 30.2 Å². The Morgan fingerprint density at radius 2 is 2.18 bits per heavy atom. The first-order valence-corrected chi connectivity index (χ1v) is 7.79. The van der Waals surface area contributed by atoms with Crippen LogP contribution in [0.5, 0.6) is 0 Å². The summed E-state index contributed by atoms with van der Waals surface area (Å²) in [5.74, 6) is 0.235. The predicted molar refractivity (Wildman–Crippen MR) is 82.9 cm³/mol. The summed E-state index contributed by atoms with van der Waals surface area (Å²) in [6, 6.07) is 3.64. The van der Waals surface area contributed by atoms with Crippen LogP contribution in [0.3, 0.4) is 0 Å². The molecular weight excluding hydrogens is 282 g/mol. The van der Waals surface area contributed by atoms with Gasteiger partial charge in [-0.3, -0.25) is 4.79 Å². The number of furan rings is 1. The molecule has 1 amide bonds. The van der Waals surface area contributed by atoms with Gasteiger partial charge in [0.1, 0.15) is 5.76 Å². The molecule has 1 aliphatic rings. The van der Waals surface area contributed by atoms with E-state index in [1.54, 1.807) is 19.1 Å². The van der Waals surface area contributed by atoms with E-state index in [0.717, 1.165) is 19.3 Å². The van der Waals surface area contributed by atoms with Crippen LogP contribution in [0, 0.1) is 5.92 Å². The second kappa shape index (κ2) is 7.82. The lowest BCUT2D eigenvalue weighted by Crippen LogP contribution is -2.45. The SMILES string of the molecule is C[C@@H](OC(=O)/C=C/c1ccco1)C(=O)N[C@H]1CCCC[C@@H]1C. The third kappa shape index (κ3) is 4.76. The summed E-state index contributed by atoms with van der Waals surface area (Å²) in [4.78, 5) is 23.8. The van der Waals surface area contributed by atoms with Crippen LogP contribution in [0.1, 0.15) is 45.3 Å². The summed E-state index contributed by atoms with van der Waals surface area (Å²) >= 11 is 0. The maximum absolute atomic E-state index is 12.1. The Morgan fingerprint density at radius 3 is 2.86 bits per heavy atom. The third-order valence-electron chi connectivity index (χ3n) is 4.03. The highest BCUT2D eigenvalue weighted by Crippen LogP contribution is 2.23. The molecule has 0 aromatic carbocycles. The molecule has 22 heavy (non-hydrogen) atoms. The minimum absolute atomic E-state index is 0.182. The largest absolute Gasteiger partial charge is 0.465 e. The third-order valence-corrected chi connectivity index (χ3v) is 4.03. The molecule has 1 fully saturated rings. The average molecular weight is 305 g/mol. The first-order valence-electron chi connectivity index (χ1n) is 7.79. The van der Waals surface area contributed by atoms with Gasteiger partial charge in [-0.25, -0.2) is 4.79 Å². The number of carbonyl (C=O) groups is 2. The van der Waals surface area contributed by atoms with Gasteiger partial charge in [-0.1, -0.05) is 19.8 Å². The number of esters is 1. The fourth-order valence-corrected chi connectivity index (χ4v) is 2.63. The molecule has 0 aliphatic heterocycles. The van der Waals surface area contributed by atoms with E-state index in [1.165, 1.54) is 24.8 Å². The fourth-order valence-electron chi connectivity index (χ4n) is 2.63. The lowest BCUT2D eigenvalue weighted by Gasteiger charge is -2.30. The number of hydrogen-bond donors (Lipinski definition) is 1. The van der Waals surface area contributed by atoms with Crippen LogP contribution in [0.2, 0.25) is 0 Å². The van der Waals surface area contributed by atoms with Crippen LogP contribution in [0.4, 0.5) is 0 Å². The molecule has 1 heterocycles. The van der Waals surface area contributed by atoms with Crippen molar-refractivity contribution in [2.24, 2.45) is 5.92 Å². The summed E-state index contributed by atoms with van der Waals surface area (Å²) in [5.41, 5.74) is 0. The molecule has 5 nitrogen and oxygen atoms in total. The van der Waals surface area contributed by atoms with Crippen LogP contribution in [0.15, 0.2) is 28.9 Å². The molecule has 1 N–H and O–H groups in total. The van der Waals surface area contributed by atoms with Crippen molar-refractivity contribution in [2.75, 3.05) is 0 Å². The Balaban J connectivity index is 1.79. The molecule has 0 spiro atoms. The number of rotatable bonds is 5. The van der Waals surface area contributed by atoms with Crippen molar-refractivity contribution in [1.29, 1.82) is 0 Å². The van der Waals surface area contributed by atoms with Crippen LogP contribution < -0.4 is 5.32 Å². The molecule has 0 saturated heterocycles. The standard InChI is InChI=1S/C17H23NO4/c1-12-6-3-4-8-15(12)18-17(20)13(2)22-16(19)10-9-14-7-5-11-21-14/h5,7,9-13,15H,3-4,6,8H2,1-2H3,(H,18,20)/b10-9+/t12-,13+,15-/m0/s1. The lowest BCUT2D eigenvalue weighted by molar-refractivity contribution is -0.150. The van der Waals surface area contributed by atoms with Gasteiger partial charge in [0.25, 0.3) is 5.91 Å². The number of carbonyl (C=O) groups excluding carboxylic acids is 2. The molecule has 1 aromatic heterocycles. The van der Waals surface area contributed by atoms with Gasteiger partial charge in [-0.2, -0.15) is 0 Å². The van der Waals surface area contributed by atoms with Gasteiger partial charge in [-0.15, -0.1) is 0 Å². The molecule has 1 aromatic rings. The predicted octanol–water partition coefficient (Wildman–Crippen LogP) is 2.92. The topological polar surface area (TPSA) is 68.5 Å². The highest BCUT2D eigenvalue weighted by Gasteiger charge is 2.25. The number of ether oxygens (including phenoxy) is 1. The highest BCUT2D eigenvalue weighted by atomic mass is 16.5. The van der Waals surface area contributed by atoms with Crippen LogP contribution >= 0.6 is 0 Å². The molecule has 1 saturated carbocycles. The monoisotopic (exact) mass is 305 g/mol. The van der Waals surface area contributed by atoms with Crippen LogP contribution in [-0.2, 0) is 14.3 Å². The second-order valence-corrected chi connectivity index (χ2v) is 5.80. The van der Waals surface area contributed by atoms with Gasteiger partial charge >= 0.3 is 5.97 Å². The average Bonchev–Trinajstić information content (AvgIpc) is 3.00. The molecule has 5 heteroatoms. The van der Waals surface area contributed by atoms with Gasteiger partial charge in [0.2, 0.25) is 0 Å². The Morgan fingerprint density at radius 1 is 1.41 bits per heavy atom. The molecule has 1 aliphatic carbocycles. The minimum Gasteiger partial charge on any atom is -0.465 e. The van der Waals surface area contributed by atoms with E-state index >= 15 is 0 Å². The Hall–Kier alpha value is -2.04. The van der Waals surface area contributed by atoms with Crippen molar-refractivity contribution >= 4 is 18.0 Å². The van der Waals surface area contributed by atoms with E-state index in [-0.39, 0.29) is 11.9 Å². The Bertz CT molecular complexity index is 521. The van der Waals surface area contributed by atoms with E-state index < -0.39 is 12.1 Å². The van der Waals surface area contributed by atoms with Crippen molar-refractivity contribution in [2.45, 2.75) is 51.7 Å². The van der Waals surface area contributed by atoms with Crippen molar-refractivity contribution in [3.8, 4) is 0 Å². The first kappa shape index (κ1) is 16.3. The van der Waals surface area contributed by atoms with E-state index in [0.29, 0.717) is 11.7 Å². The van der Waals surface area contributed by atoms with E-state index in [4.69, 9.17) is 9.15 Å². The highest BCUT2D eigenvalue weighted by molar-refractivity contribution is 5.90. The molecule has 0 unspecified atom stereocenters. The molecular formula is C17H23NO4. The molecule has 2 rings (SSSR count). The molecule has 0 radical (unpaired) electrons. The molecule has 0 bridgehead atoms. The van der Waals surface area contributed by atoms with Crippen LogP contribution in [-0.4, -0.2) is 24.0 Å². The first-order chi connectivity index (χ1) is 10.6. The van der Waals surface area contributed by atoms with Gasteiger partial charge in [-0.05, 0) is 43.9 Å². The summed E-state index contributed by atoms with van der Waals surface area (Å²) in [5, 5.41) is 2.98.